The summed E-state index contributed by atoms with van der Waals surface area (Å²) >= 11 is 0. The van der Waals surface area contributed by atoms with Crippen molar-refractivity contribution in [2.45, 2.75) is 33.1 Å². The molecule has 0 saturated carbocycles. The second kappa shape index (κ2) is 11.0. The zero-order chi connectivity index (χ0) is 25.6. The fraction of sp³-hybridized carbons (Fsp3) is 0.207. The summed E-state index contributed by atoms with van der Waals surface area (Å²) in [6.45, 7) is 4.42. The van der Waals surface area contributed by atoms with Crippen molar-refractivity contribution in [1.82, 2.24) is 25.6 Å². The molecule has 0 unspecified atom stereocenters. The Kier molecular flexibility index (Phi) is 7.16. The number of aryl methyl sites for hydroxylation is 1. The number of esters is 1. The molecular weight excluding hydrogens is 466 g/mol. The number of para-hydroxylation sites is 1. The summed E-state index contributed by atoms with van der Waals surface area (Å²) in [6, 6.07) is 23.1. The maximum Gasteiger partial charge on any atom is 0.342 e. The molecule has 0 spiro atoms. The molecule has 2 heterocycles. The summed E-state index contributed by atoms with van der Waals surface area (Å²) in [5, 5.41) is 15.1. The molecule has 0 amide bonds. The van der Waals surface area contributed by atoms with Crippen molar-refractivity contribution in [3.05, 3.63) is 84.1 Å². The van der Waals surface area contributed by atoms with Crippen molar-refractivity contribution in [2.24, 2.45) is 0 Å². The molecule has 8 nitrogen and oxygen atoms in total. The first-order valence-corrected chi connectivity index (χ1v) is 12.4. The van der Waals surface area contributed by atoms with E-state index >= 15 is 0 Å². The summed E-state index contributed by atoms with van der Waals surface area (Å²) in [7, 11) is 0. The molecule has 0 atom stereocenters. The van der Waals surface area contributed by atoms with Gasteiger partial charge in [0.05, 0.1) is 17.8 Å². The monoisotopic (exact) mass is 493 g/mol. The fourth-order valence-corrected chi connectivity index (χ4v) is 4.21. The van der Waals surface area contributed by atoms with Crippen LogP contribution in [0.15, 0.2) is 72.8 Å². The van der Waals surface area contributed by atoms with Gasteiger partial charge < -0.3 is 9.47 Å². The fourth-order valence-electron chi connectivity index (χ4n) is 4.21. The van der Waals surface area contributed by atoms with Gasteiger partial charge in [-0.2, -0.15) is 5.21 Å². The Labute approximate surface area is 214 Å². The molecular formula is C29H27N5O3. The van der Waals surface area contributed by atoms with E-state index in [1.165, 1.54) is 0 Å². The van der Waals surface area contributed by atoms with E-state index in [1.807, 2.05) is 79.7 Å². The largest absolute Gasteiger partial charge is 0.462 e. The van der Waals surface area contributed by atoms with E-state index in [-0.39, 0.29) is 0 Å². The van der Waals surface area contributed by atoms with Crippen molar-refractivity contribution < 1.29 is 14.3 Å². The van der Waals surface area contributed by atoms with Crippen LogP contribution >= 0.6 is 0 Å². The van der Waals surface area contributed by atoms with Crippen molar-refractivity contribution in [2.75, 3.05) is 6.61 Å². The van der Waals surface area contributed by atoms with Gasteiger partial charge in [0, 0.05) is 10.9 Å². The highest BCUT2D eigenvalue weighted by atomic mass is 16.5. The van der Waals surface area contributed by atoms with Gasteiger partial charge in [0.15, 0.2) is 5.75 Å². The van der Waals surface area contributed by atoms with E-state index in [1.54, 1.807) is 0 Å². The molecule has 5 rings (SSSR count). The topological polar surface area (TPSA) is 103 Å². The van der Waals surface area contributed by atoms with Gasteiger partial charge >= 0.3 is 5.97 Å². The molecule has 0 aliphatic rings. The van der Waals surface area contributed by atoms with Crippen molar-refractivity contribution >= 4 is 16.9 Å². The Morgan fingerprint density at radius 2 is 1.68 bits per heavy atom. The molecule has 3 aromatic carbocycles. The first-order chi connectivity index (χ1) is 18.2. The Hall–Kier alpha value is -4.59. The van der Waals surface area contributed by atoms with Crippen molar-refractivity contribution in [3.63, 3.8) is 0 Å². The second-order valence-electron chi connectivity index (χ2n) is 8.53. The molecule has 0 bridgehead atoms. The number of aromatic amines is 1. The van der Waals surface area contributed by atoms with E-state index in [0.29, 0.717) is 47.0 Å². The van der Waals surface area contributed by atoms with Crippen molar-refractivity contribution in [3.8, 4) is 34.0 Å². The van der Waals surface area contributed by atoms with Crippen LogP contribution < -0.4 is 4.74 Å². The highest BCUT2D eigenvalue weighted by Gasteiger charge is 2.23. The van der Waals surface area contributed by atoms with Crippen LogP contribution in [-0.4, -0.2) is 38.2 Å². The highest BCUT2D eigenvalue weighted by molar-refractivity contribution is 6.06. The lowest BCUT2D eigenvalue weighted by Crippen LogP contribution is -2.11. The molecule has 2 aromatic heterocycles. The minimum absolute atomic E-state index is 0.362. The molecule has 37 heavy (non-hydrogen) atoms. The van der Waals surface area contributed by atoms with Crippen LogP contribution in [0.25, 0.3) is 33.4 Å². The molecule has 0 radical (unpaired) electrons. The highest BCUT2D eigenvalue weighted by Crippen LogP contribution is 2.36. The maximum absolute atomic E-state index is 13.3. The Morgan fingerprint density at radius 3 is 2.41 bits per heavy atom. The number of carbonyl (C=O) groups is 1. The molecule has 186 valence electrons. The first-order valence-electron chi connectivity index (χ1n) is 12.4. The first kappa shape index (κ1) is 24.1. The van der Waals surface area contributed by atoms with Crippen LogP contribution in [0.2, 0.25) is 0 Å². The average molecular weight is 494 g/mol. The second-order valence-corrected chi connectivity index (χ2v) is 8.53. The molecule has 5 aromatic rings. The number of pyridine rings is 1. The van der Waals surface area contributed by atoms with Gasteiger partial charge in [0.25, 0.3) is 0 Å². The number of tetrazole rings is 1. The molecule has 0 aliphatic heterocycles. The number of nitrogens with one attached hydrogen (secondary N) is 1. The van der Waals surface area contributed by atoms with Crippen LogP contribution in [0.4, 0.5) is 0 Å². The number of rotatable bonds is 9. The number of fused-ring (bicyclic) bond motifs is 1. The van der Waals surface area contributed by atoms with Crippen LogP contribution in [0, 0.1) is 0 Å². The average Bonchev–Trinajstić information content (AvgIpc) is 3.48. The lowest BCUT2D eigenvalue weighted by molar-refractivity contribution is 0.0499. The number of nitrogens with zero attached hydrogens (tertiary/aromatic N) is 4. The lowest BCUT2D eigenvalue weighted by atomic mass is 9.99. The quantitative estimate of drug-likeness (QED) is 0.187. The molecule has 0 fully saturated rings. The van der Waals surface area contributed by atoms with E-state index in [4.69, 9.17) is 14.5 Å². The molecule has 8 heteroatoms. The predicted octanol–water partition coefficient (Wildman–Crippen LogP) is 6.39. The summed E-state index contributed by atoms with van der Waals surface area (Å²) < 4.78 is 12.0. The van der Waals surface area contributed by atoms with Crippen LogP contribution in [0.1, 0.15) is 42.7 Å². The van der Waals surface area contributed by atoms with E-state index in [2.05, 4.69) is 27.5 Å². The third-order valence-corrected chi connectivity index (χ3v) is 6.09. The predicted molar refractivity (Wildman–Crippen MR) is 141 cm³/mol. The molecule has 0 aliphatic carbocycles. The smallest absolute Gasteiger partial charge is 0.342 e. The number of hydrogen-bond donors (Lipinski definition) is 1. The molecule has 1 N–H and O–H groups in total. The van der Waals surface area contributed by atoms with Crippen LogP contribution in [-0.2, 0) is 11.2 Å². The summed E-state index contributed by atoms with van der Waals surface area (Å²) in [4.78, 5) is 18.0. The summed E-state index contributed by atoms with van der Waals surface area (Å²) in [5.74, 6) is 1.15. The Bertz CT molecular complexity index is 1520. The number of H-pyrrole nitrogens is 1. The van der Waals surface area contributed by atoms with Gasteiger partial charge in [-0.15, -0.1) is 10.2 Å². The third-order valence-electron chi connectivity index (χ3n) is 6.09. The summed E-state index contributed by atoms with van der Waals surface area (Å²) in [6.07, 6.45) is 2.35. The van der Waals surface area contributed by atoms with Crippen LogP contribution in [0.5, 0.6) is 11.5 Å². The normalized spacial score (nSPS) is 11.0. The van der Waals surface area contributed by atoms with E-state index in [9.17, 15) is 4.79 Å². The lowest BCUT2D eigenvalue weighted by Gasteiger charge is -2.17. The van der Waals surface area contributed by atoms with E-state index in [0.717, 1.165) is 35.0 Å². The number of benzene rings is 3. The van der Waals surface area contributed by atoms with Crippen molar-refractivity contribution in [1.29, 1.82) is 0 Å². The number of ether oxygens (including phenoxy) is 2. The zero-order valence-electron chi connectivity index (χ0n) is 20.8. The minimum atomic E-state index is -0.401. The van der Waals surface area contributed by atoms with Gasteiger partial charge in [-0.05, 0) is 47.4 Å². The number of aromatic nitrogens is 5. The molecule has 0 saturated heterocycles. The number of carbonyl (C=O) groups excluding carboxylic acids is 1. The number of hydrogen-bond acceptors (Lipinski definition) is 7. The van der Waals surface area contributed by atoms with Gasteiger partial charge in [-0.3, -0.25) is 0 Å². The van der Waals surface area contributed by atoms with Gasteiger partial charge in [0.1, 0.15) is 11.3 Å². The minimum Gasteiger partial charge on any atom is -0.462 e. The summed E-state index contributed by atoms with van der Waals surface area (Å²) in [5.41, 5.74) is 4.66. The maximum atomic E-state index is 13.3. The Morgan fingerprint density at radius 1 is 0.919 bits per heavy atom. The SMILES string of the molecule is CCCCOC(=O)c1c(Oc2ccc(-c3ccccc3-c3nn[nH]n3)cc2)c(CC)nc2ccccc12. The number of unbranched alkanes of at least 4 members (excludes halogenated alkanes) is 1. The van der Waals surface area contributed by atoms with Gasteiger partial charge in [-0.1, -0.05) is 74.9 Å². The zero-order valence-corrected chi connectivity index (χ0v) is 20.8. The Balaban J connectivity index is 1.52. The third kappa shape index (κ3) is 5.04. The standard InChI is InChI=1S/C29H27N5O3/c1-3-5-18-36-29(35)26-23-12-8-9-13-25(23)30-24(4-2)27(26)37-20-16-14-19(15-17-20)21-10-6-7-11-22(21)28-31-33-34-32-28/h6-17H,3-5,18H2,1-2H3,(H,31,32,33,34). The van der Waals surface area contributed by atoms with Gasteiger partial charge in [-0.25, -0.2) is 9.78 Å². The van der Waals surface area contributed by atoms with Gasteiger partial charge in [0.2, 0.25) is 5.82 Å². The van der Waals surface area contributed by atoms with Crippen LogP contribution in [0.3, 0.4) is 0 Å². The van der Waals surface area contributed by atoms with E-state index < -0.39 is 5.97 Å².